The maximum Gasteiger partial charge on any atom is 0.418 e. The molecule has 94 valence electrons. The summed E-state index contributed by atoms with van der Waals surface area (Å²) in [6.07, 6.45) is 4.37. The van der Waals surface area contributed by atoms with Crippen LogP contribution in [0.3, 0.4) is 0 Å². The monoisotopic (exact) mass is 236 g/mol. The molecule has 1 unspecified atom stereocenters. The molecule has 1 aromatic heterocycles. The van der Waals surface area contributed by atoms with E-state index in [0.717, 1.165) is 30.5 Å². The lowest BCUT2D eigenvalue weighted by atomic mass is 9.94. The molecular weight excluding hydrogens is 216 g/mol. The fraction of sp³-hybridized carbons (Fsp3) is 0.615. The highest BCUT2D eigenvalue weighted by molar-refractivity contribution is 5.72. The number of rotatable bonds is 0. The lowest BCUT2D eigenvalue weighted by Gasteiger charge is -2.23. The molecule has 1 aliphatic rings. The molecule has 1 aromatic rings. The van der Waals surface area contributed by atoms with Gasteiger partial charge in [0.25, 0.3) is 0 Å². The summed E-state index contributed by atoms with van der Waals surface area (Å²) in [6, 6.07) is 1.99. The Kier molecular flexibility index (Phi) is 3.00. The maximum absolute atomic E-state index is 12.0. The molecule has 0 saturated heterocycles. The van der Waals surface area contributed by atoms with Gasteiger partial charge in [-0.25, -0.2) is 4.79 Å². The second-order valence-electron chi connectivity index (χ2n) is 5.57. The van der Waals surface area contributed by atoms with Crippen LogP contribution in [-0.4, -0.2) is 16.3 Å². The van der Waals surface area contributed by atoms with Crippen LogP contribution in [-0.2, 0) is 11.2 Å². The third-order valence-electron chi connectivity index (χ3n) is 2.95. The van der Waals surface area contributed by atoms with Crippen LogP contribution in [0.25, 0.3) is 0 Å². The number of carbonyl (C=O) groups is 1. The van der Waals surface area contributed by atoms with E-state index in [4.69, 9.17) is 10.5 Å². The van der Waals surface area contributed by atoms with Crippen molar-refractivity contribution in [3.05, 3.63) is 23.5 Å². The number of carbonyl (C=O) groups excluding carboxylic acids is 1. The molecule has 1 heterocycles. The molecule has 0 bridgehead atoms. The first-order chi connectivity index (χ1) is 7.88. The molecule has 0 radical (unpaired) electrons. The fourth-order valence-corrected chi connectivity index (χ4v) is 2.21. The summed E-state index contributed by atoms with van der Waals surface area (Å²) in [5, 5.41) is 0. The highest BCUT2D eigenvalue weighted by Crippen LogP contribution is 2.29. The first kappa shape index (κ1) is 12.2. The van der Waals surface area contributed by atoms with Gasteiger partial charge in [-0.15, -0.1) is 0 Å². The summed E-state index contributed by atoms with van der Waals surface area (Å²) in [7, 11) is 0. The average Bonchev–Trinajstić information content (AvgIpc) is 2.60. The number of aromatic nitrogens is 1. The van der Waals surface area contributed by atoms with Gasteiger partial charge in [-0.3, -0.25) is 4.57 Å². The quantitative estimate of drug-likeness (QED) is 0.753. The summed E-state index contributed by atoms with van der Waals surface area (Å²) < 4.78 is 6.96. The van der Waals surface area contributed by atoms with Gasteiger partial charge in [-0.2, -0.15) is 0 Å². The normalized spacial score (nSPS) is 19.9. The zero-order valence-corrected chi connectivity index (χ0v) is 10.7. The van der Waals surface area contributed by atoms with Gasteiger partial charge in [0.2, 0.25) is 0 Å². The molecule has 1 atom stereocenters. The molecule has 0 aliphatic heterocycles. The summed E-state index contributed by atoms with van der Waals surface area (Å²) in [6.45, 7) is 5.60. The second-order valence-corrected chi connectivity index (χ2v) is 5.57. The van der Waals surface area contributed by atoms with E-state index in [1.807, 2.05) is 26.8 Å². The van der Waals surface area contributed by atoms with Crippen molar-refractivity contribution in [3.8, 4) is 0 Å². The molecule has 1 aliphatic carbocycles. The molecule has 0 fully saturated rings. The Morgan fingerprint density at radius 1 is 1.53 bits per heavy atom. The van der Waals surface area contributed by atoms with E-state index in [9.17, 15) is 4.79 Å². The minimum absolute atomic E-state index is 0.0578. The van der Waals surface area contributed by atoms with E-state index in [1.165, 1.54) is 0 Å². The van der Waals surface area contributed by atoms with E-state index < -0.39 is 5.60 Å². The van der Waals surface area contributed by atoms with Gasteiger partial charge >= 0.3 is 6.09 Å². The second kappa shape index (κ2) is 4.18. The lowest BCUT2D eigenvalue weighted by molar-refractivity contribution is 0.0532. The molecule has 4 heteroatoms. The summed E-state index contributed by atoms with van der Waals surface area (Å²) >= 11 is 0. The average molecular weight is 236 g/mol. The molecular formula is C13H20N2O2. The standard InChI is InChI=1S/C13H20N2O2/c1-13(2,3)17-12(16)15-8-7-9-10(14)5-4-6-11(9)15/h7-8,10H,4-6,14H2,1-3H3. The van der Waals surface area contributed by atoms with Crippen molar-refractivity contribution in [2.24, 2.45) is 5.73 Å². The largest absolute Gasteiger partial charge is 0.443 e. The van der Waals surface area contributed by atoms with Crippen molar-refractivity contribution in [2.75, 3.05) is 0 Å². The Morgan fingerprint density at radius 3 is 2.88 bits per heavy atom. The molecule has 2 rings (SSSR count). The summed E-state index contributed by atoms with van der Waals surface area (Å²) in [5.74, 6) is 0. The highest BCUT2D eigenvalue weighted by Gasteiger charge is 2.25. The first-order valence-corrected chi connectivity index (χ1v) is 6.07. The number of nitrogens with two attached hydrogens (primary N) is 1. The van der Waals surface area contributed by atoms with Crippen LogP contribution in [0.1, 0.15) is 50.9 Å². The molecule has 4 nitrogen and oxygen atoms in total. The van der Waals surface area contributed by atoms with E-state index >= 15 is 0 Å². The number of nitrogens with zero attached hydrogens (tertiary/aromatic N) is 1. The van der Waals surface area contributed by atoms with Crippen LogP contribution in [0, 0.1) is 0 Å². The molecule has 0 aromatic carbocycles. The maximum atomic E-state index is 12.0. The highest BCUT2D eigenvalue weighted by atomic mass is 16.6. The number of hydrogen-bond donors (Lipinski definition) is 1. The minimum atomic E-state index is -0.467. The topological polar surface area (TPSA) is 57.2 Å². The Bertz CT molecular complexity index is 429. The van der Waals surface area contributed by atoms with Crippen molar-refractivity contribution in [2.45, 2.75) is 51.7 Å². The van der Waals surface area contributed by atoms with Crippen molar-refractivity contribution >= 4 is 6.09 Å². The van der Waals surface area contributed by atoms with Crippen LogP contribution in [0.5, 0.6) is 0 Å². The zero-order valence-electron chi connectivity index (χ0n) is 10.7. The van der Waals surface area contributed by atoms with E-state index in [2.05, 4.69) is 0 Å². The Hall–Kier alpha value is -1.29. The van der Waals surface area contributed by atoms with Gasteiger partial charge in [-0.05, 0) is 51.7 Å². The zero-order chi connectivity index (χ0) is 12.6. The number of fused-ring (bicyclic) bond motifs is 1. The van der Waals surface area contributed by atoms with Crippen molar-refractivity contribution < 1.29 is 9.53 Å². The van der Waals surface area contributed by atoms with Gasteiger partial charge < -0.3 is 10.5 Å². The van der Waals surface area contributed by atoms with E-state index in [0.29, 0.717) is 0 Å². The molecule has 0 amide bonds. The SMILES string of the molecule is CC(C)(C)OC(=O)n1ccc2c1CCCC2N. The van der Waals surface area contributed by atoms with Crippen LogP contribution in [0.4, 0.5) is 4.79 Å². The Morgan fingerprint density at radius 2 is 2.24 bits per heavy atom. The number of ether oxygens (including phenoxy) is 1. The third kappa shape index (κ3) is 2.52. The van der Waals surface area contributed by atoms with Crippen LogP contribution >= 0.6 is 0 Å². The van der Waals surface area contributed by atoms with Gasteiger partial charge in [0, 0.05) is 17.9 Å². The summed E-state index contributed by atoms with van der Waals surface area (Å²) in [5.41, 5.74) is 7.65. The van der Waals surface area contributed by atoms with Gasteiger partial charge in [0.05, 0.1) is 0 Å². The van der Waals surface area contributed by atoms with Crippen molar-refractivity contribution in [3.63, 3.8) is 0 Å². The van der Waals surface area contributed by atoms with E-state index in [1.54, 1.807) is 10.8 Å². The van der Waals surface area contributed by atoms with Crippen molar-refractivity contribution in [1.29, 1.82) is 0 Å². The van der Waals surface area contributed by atoms with Crippen molar-refractivity contribution in [1.82, 2.24) is 4.57 Å². The van der Waals surface area contributed by atoms with Crippen LogP contribution < -0.4 is 5.73 Å². The Labute approximate surface area is 102 Å². The molecule has 0 spiro atoms. The molecule has 17 heavy (non-hydrogen) atoms. The summed E-state index contributed by atoms with van der Waals surface area (Å²) in [4.78, 5) is 12.0. The fourth-order valence-electron chi connectivity index (χ4n) is 2.21. The van der Waals surface area contributed by atoms with Gasteiger partial charge in [0.15, 0.2) is 0 Å². The predicted octanol–water partition coefficient (Wildman–Crippen LogP) is 2.61. The first-order valence-electron chi connectivity index (χ1n) is 6.07. The van der Waals surface area contributed by atoms with Gasteiger partial charge in [0.1, 0.15) is 5.60 Å². The lowest BCUT2D eigenvalue weighted by Crippen LogP contribution is -2.28. The third-order valence-corrected chi connectivity index (χ3v) is 2.95. The van der Waals surface area contributed by atoms with Crippen LogP contribution in [0.2, 0.25) is 0 Å². The molecule has 2 N–H and O–H groups in total. The van der Waals surface area contributed by atoms with Crippen LogP contribution in [0.15, 0.2) is 12.3 Å². The smallest absolute Gasteiger partial charge is 0.418 e. The van der Waals surface area contributed by atoms with E-state index in [-0.39, 0.29) is 12.1 Å². The Balaban J connectivity index is 2.25. The minimum Gasteiger partial charge on any atom is -0.443 e. The van der Waals surface area contributed by atoms with Gasteiger partial charge in [-0.1, -0.05) is 0 Å². The number of hydrogen-bond acceptors (Lipinski definition) is 3. The predicted molar refractivity (Wildman–Crippen MR) is 65.9 cm³/mol. The molecule has 0 saturated carbocycles.